The van der Waals surface area contributed by atoms with Gasteiger partial charge in [0.25, 0.3) is 15.9 Å². The van der Waals surface area contributed by atoms with E-state index in [2.05, 4.69) is 15.9 Å². The molecule has 0 atom stereocenters. The highest BCUT2D eigenvalue weighted by Gasteiger charge is 2.27. The molecule has 0 radical (unpaired) electrons. The van der Waals surface area contributed by atoms with Crippen molar-refractivity contribution in [1.82, 2.24) is 8.87 Å². The SMILES string of the molecule is Cc1ccc(S(=O)(=O)n2cc(C(=O)N3CCOCC3)c3cc(Br)ccc32)cc1. The molecular formula is C20H19BrN2O4S. The lowest BCUT2D eigenvalue weighted by atomic mass is 10.1. The fraction of sp³-hybridized carbons (Fsp3) is 0.250. The topological polar surface area (TPSA) is 68.6 Å². The monoisotopic (exact) mass is 462 g/mol. The molecule has 6 nitrogen and oxygen atoms in total. The van der Waals surface area contributed by atoms with E-state index in [0.29, 0.717) is 42.8 Å². The molecule has 1 aromatic heterocycles. The molecule has 0 N–H and O–H groups in total. The van der Waals surface area contributed by atoms with Crippen LogP contribution in [0.15, 0.2) is 58.0 Å². The van der Waals surface area contributed by atoms with Crippen molar-refractivity contribution in [3.05, 3.63) is 64.3 Å². The highest BCUT2D eigenvalue weighted by atomic mass is 79.9. The van der Waals surface area contributed by atoms with Crippen molar-refractivity contribution >= 4 is 42.8 Å². The lowest BCUT2D eigenvalue weighted by molar-refractivity contribution is 0.0304. The van der Waals surface area contributed by atoms with Gasteiger partial charge in [-0.1, -0.05) is 33.6 Å². The van der Waals surface area contributed by atoms with Crippen LogP contribution in [-0.2, 0) is 14.8 Å². The van der Waals surface area contributed by atoms with Gasteiger partial charge in [-0.3, -0.25) is 4.79 Å². The lowest BCUT2D eigenvalue weighted by Crippen LogP contribution is -2.40. The van der Waals surface area contributed by atoms with E-state index in [9.17, 15) is 13.2 Å². The number of carbonyl (C=O) groups excluding carboxylic acids is 1. The van der Waals surface area contributed by atoms with Crippen LogP contribution < -0.4 is 0 Å². The molecule has 2 aromatic carbocycles. The van der Waals surface area contributed by atoms with E-state index in [1.807, 2.05) is 6.92 Å². The minimum absolute atomic E-state index is 0.184. The standard InChI is InChI=1S/C20H19BrN2O4S/c1-14-2-5-16(6-3-14)28(25,26)23-13-18(17-12-15(21)4-7-19(17)23)20(24)22-8-10-27-11-9-22/h2-7,12-13H,8-11H2,1H3. The number of halogens is 1. The van der Waals surface area contributed by atoms with E-state index in [1.54, 1.807) is 47.4 Å². The maximum absolute atomic E-state index is 13.3. The summed E-state index contributed by atoms with van der Waals surface area (Å²) in [4.78, 5) is 15.0. The molecule has 28 heavy (non-hydrogen) atoms. The van der Waals surface area contributed by atoms with E-state index in [0.717, 1.165) is 10.0 Å². The number of aryl methyl sites for hydroxylation is 1. The maximum Gasteiger partial charge on any atom is 0.268 e. The Hall–Kier alpha value is -2.16. The zero-order valence-corrected chi connectivity index (χ0v) is 17.7. The molecule has 1 aliphatic heterocycles. The molecule has 2 heterocycles. The van der Waals surface area contributed by atoms with Crippen LogP contribution in [0.1, 0.15) is 15.9 Å². The van der Waals surface area contributed by atoms with Crippen LogP contribution in [0.5, 0.6) is 0 Å². The van der Waals surface area contributed by atoms with Crippen molar-refractivity contribution in [3.63, 3.8) is 0 Å². The smallest absolute Gasteiger partial charge is 0.268 e. The molecule has 146 valence electrons. The first-order valence-electron chi connectivity index (χ1n) is 8.88. The Balaban J connectivity index is 1.88. The van der Waals surface area contributed by atoms with Gasteiger partial charge >= 0.3 is 0 Å². The van der Waals surface area contributed by atoms with Gasteiger partial charge in [0.15, 0.2) is 0 Å². The predicted molar refractivity (Wildman–Crippen MR) is 110 cm³/mol. The highest BCUT2D eigenvalue weighted by Crippen LogP contribution is 2.29. The number of ether oxygens (including phenoxy) is 1. The molecule has 3 aromatic rings. The summed E-state index contributed by atoms with van der Waals surface area (Å²) in [7, 11) is -3.83. The van der Waals surface area contributed by atoms with Crippen molar-refractivity contribution in [1.29, 1.82) is 0 Å². The number of rotatable bonds is 3. The van der Waals surface area contributed by atoms with E-state index in [1.165, 1.54) is 10.2 Å². The predicted octanol–water partition coefficient (Wildman–Crippen LogP) is 3.42. The Bertz CT molecular complexity index is 1150. The van der Waals surface area contributed by atoms with Crippen molar-refractivity contribution in [2.45, 2.75) is 11.8 Å². The van der Waals surface area contributed by atoms with Crippen LogP contribution in [0.3, 0.4) is 0 Å². The summed E-state index contributed by atoms with van der Waals surface area (Å²) in [5.41, 5.74) is 1.82. The fourth-order valence-electron chi connectivity index (χ4n) is 3.30. The number of hydrogen-bond acceptors (Lipinski definition) is 4. The Kier molecular flexibility index (Phi) is 5.03. The number of amides is 1. The largest absolute Gasteiger partial charge is 0.378 e. The van der Waals surface area contributed by atoms with Crippen LogP contribution in [0.2, 0.25) is 0 Å². The first kappa shape index (κ1) is 19.2. The molecule has 1 amide bonds. The first-order valence-corrected chi connectivity index (χ1v) is 11.1. The molecule has 0 bridgehead atoms. The molecule has 0 unspecified atom stereocenters. The zero-order valence-electron chi connectivity index (χ0n) is 15.3. The number of hydrogen-bond donors (Lipinski definition) is 0. The summed E-state index contributed by atoms with van der Waals surface area (Å²) in [6.07, 6.45) is 1.43. The number of aromatic nitrogens is 1. The van der Waals surface area contributed by atoms with Gasteiger partial charge in [-0.2, -0.15) is 0 Å². The molecule has 0 spiro atoms. The van der Waals surface area contributed by atoms with Crippen LogP contribution >= 0.6 is 15.9 Å². The van der Waals surface area contributed by atoms with E-state index in [-0.39, 0.29) is 10.8 Å². The second kappa shape index (κ2) is 7.35. The van der Waals surface area contributed by atoms with Gasteiger partial charge in [-0.15, -0.1) is 0 Å². The summed E-state index contributed by atoms with van der Waals surface area (Å²) in [6, 6.07) is 11.9. The fourth-order valence-corrected chi connectivity index (χ4v) is 5.03. The summed E-state index contributed by atoms with van der Waals surface area (Å²) in [5.74, 6) is -0.191. The first-order chi connectivity index (χ1) is 13.4. The summed E-state index contributed by atoms with van der Waals surface area (Å²) < 4.78 is 33.8. The van der Waals surface area contributed by atoms with Crippen molar-refractivity contribution < 1.29 is 17.9 Å². The normalized spacial score (nSPS) is 15.1. The van der Waals surface area contributed by atoms with E-state index in [4.69, 9.17) is 4.74 Å². The highest BCUT2D eigenvalue weighted by molar-refractivity contribution is 9.10. The van der Waals surface area contributed by atoms with Crippen molar-refractivity contribution in [2.75, 3.05) is 26.3 Å². The second-order valence-corrected chi connectivity index (χ2v) is 9.45. The quantitative estimate of drug-likeness (QED) is 0.597. The average molecular weight is 463 g/mol. The minimum Gasteiger partial charge on any atom is -0.378 e. The Labute approximate surface area is 171 Å². The third kappa shape index (κ3) is 3.36. The number of fused-ring (bicyclic) bond motifs is 1. The van der Waals surface area contributed by atoms with Gasteiger partial charge in [0.2, 0.25) is 0 Å². The second-order valence-electron chi connectivity index (χ2n) is 6.72. The van der Waals surface area contributed by atoms with Gasteiger partial charge < -0.3 is 9.64 Å². The molecule has 0 saturated carbocycles. The molecular weight excluding hydrogens is 444 g/mol. The zero-order chi connectivity index (χ0) is 19.9. The van der Waals surface area contributed by atoms with Gasteiger partial charge in [0, 0.05) is 29.1 Å². The maximum atomic E-state index is 13.3. The Morgan fingerprint density at radius 3 is 2.43 bits per heavy atom. The summed E-state index contributed by atoms with van der Waals surface area (Å²) in [5, 5.41) is 0.599. The van der Waals surface area contributed by atoms with Crippen LogP contribution in [0, 0.1) is 6.92 Å². The minimum atomic E-state index is -3.83. The molecule has 1 saturated heterocycles. The van der Waals surface area contributed by atoms with Gasteiger partial charge in [0.1, 0.15) is 0 Å². The number of nitrogens with zero attached hydrogens (tertiary/aromatic N) is 2. The van der Waals surface area contributed by atoms with Crippen molar-refractivity contribution in [2.24, 2.45) is 0 Å². The third-order valence-corrected chi connectivity index (χ3v) is 7.02. The van der Waals surface area contributed by atoms with Crippen LogP contribution in [0.4, 0.5) is 0 Å². The molecule has 1 aliphatic rings. The van der Waals surface area contributed by atoms with Crippen LogP contribution in [0.25, 0.3) is 10.9 Å². The molecule has 1 fully saturated rings. The van der Waals surface area contributed by atoms with E-state index < -0.39 is 10.0 Å². The van der Waals surface area contributed by atoms with Crippen LogP contribution in [-0.4, -0.2) is 49.5 Å². The van der Waals surface area contributed by atoms with Gasteiger partial charge in [-0.25, -0.2) is 12.4 Å². The van der Waals surface area contributed by atoms with Gasteiger partial charge in [0.05, 0.1) is 29.2 Å². The number of carbonyl (C=O) groups is 1. The number of morpholine rings is 1. The molecule has 0 aliphatic carbocycles. The number of benzene rings is 2. The van der Waals surface area contributed by atoms with E-state index >= 15 is 0 Å². The lowest BCUT2D eigenvalue weighted by Gasteiger charge is -2.26. The summed E-state index contributed by atoms with van der Waals surface area (Å²) >= 11 is 3.42. The molecule has 4 rings (SSSR count). The third-order valence-electron chi connectivity index (χ3n) is 4.84. The van der Waals surface area contributed by atoms with Gasteiger partial charge in [-0.05, 0) is 37.3 Å². The Morgan fingerprint density at radius 1 is 1.07 bits per heavy atom. The average Bonchev–Trinajstić information content (AvgIpc) is 3.08. The summed E-state index contributed by atoms with van der Waals surface area (Å²) in [6.45, 7) is 3.85. The van der Waals surface area contributed by atoms with Crippen molar-refractivity contribution in [3.8, 4) is 0 Å². The molecule has 8 heteroatoms. The Morgan fingerprint density at radius 2 is 1.75 bits per heavy atom.